The maximum absolute atomic E-state index is 12.5. The van der Waals surface area contributed by atoms with E-state index in [1.54, 1.807) is 0 Å². The third kappa shape index (κ3) is 5.53. The lowest BCUT2D eigenvalue weighted by atomic mass is 10.2. The molecule has 0 aromatic heterocycles. The highest BCUT2D eigenvalue weighted by atomic mass is 32.1. The molecule has 0 aliphatic rings. The standard InChI is InChI=1S/C15H11F3N4O2S/c16-15(17,18)11-3-5-12(6-4-11)20-14(25)21-19-9-10-1-7-13(8-2-10)22(23)24/h1-9H,(H2,20,21,25)/b19-9+. The van der Waals surface area contributed by atoms with Crippen LogP contribution in [0.2, 0.25) is 0 Å². The van der Waals surface area contributed by atoms with Gasteiger partial charge in [0.2, 0.25) is 0 Å². The Labute approximate surface area is 145 Å². The molecule has 10 heteroatoms. The van der Waals surface area contributed by atoms with Crippen molar-refractivity contribution in [1.82, 2.24) is 5.43 Å². The fourth-order valence-electron chi connectivity index (χ4n) is 1.75. The van der Waals surface area contributed by atoms with Crippen molar-refractivity contribution in [2.75, 3.05) is 5.32 Å². The molecule has 0 fully saturated rings. The molecule has 0 saturated carbocycles. The number of nitro groups is 1. The number of benzene rings is 2. The summed E-state index contributed by atoms with van der Waals surface area (Å²) >= 11 is 4.97. The number of alkyl halides is 3. The van der Waals surface area contributed by atoms with E-state index in [1.165, 1.54) is 42.6 Å². The third-order valence-electron chi connectivity index (χ3n) is 2.95. The first-order valence-electron chi connectivity index (χ1n) is 6.77. The topological polar surface area (TPSA) is 79.6 Å². The molecule has 25 heavy (non-hydrogen) atoms. The largest absolute Gasteiger partial charge is 0.416 e. The third-order valence-corrected chi connectivity index (χ3v) is 3.15. The second-order valence-electron chi connectivity index (χ2n) is 4.75. The van der Waals surface area contributed by atoms with Crippen LogP contribution in [0.25, 0.3) is 0 Å². The average molecular weight is 368 g/mol. The summed E-state index contributed by atoms with van der Waals surface area (Å²) in [6.45, 7) is 0. The summed E-state index contributed by atoms with van der Waals surface area (Å²) in [4.78, 5) is 10.0. The van der Waals surface area contributed by atoms with Gasteiger partial charge in [0, 0.05) is 17.8 Å². The van der Waals surface area contributed by atoms with Crippen LogP contribution in [-0.2, 0) is 6.18 Å². The van der Waals surface area contributed by atoms with E-state index < -0.39 is 16.7 Å². The maximum atomic E-state index is 12.5. The summed E-state index contributed by atoms with van der Waals surface area (Å²) in [6, 6.07) is 10.1. The second kappa shape index (κ2) is 7.71. The monoisotopic (exact) mass is 368 g/mol. The van der Waals surface area contributed by atoms with Gasteiger partial charge in [-0.2, -0.15) is 18.3 Å². The number of nitrogens with zero attached hydrogens (tertiary/aromatic N) is 2. The summed E-state index contributed by atoms with van der Waals surface area (Å²) in [5.74, 6) is 0. The number of nitrogens with one attached hydrogen (secondary N) is 2. The summed E-state index contributed by atoms with van der Waals surface area (Å²) in [6.07, 6.45) is -3.00. The van der Waals surface area contributed by atoms with Crippen LogP contribution in [0.5, 0.6) is 0 Å². The molecule has 130 valence electrons. The Balaban J connectivity index is 1.88. The molecule has 2 aromatic carbocycles. The molecule has 0 amide bonds. The normalized spacial score (nSPS) is 11.3. The molecule has 2 aromatic rings. The molecule has 0 atom stereocenters. The van der Waals surface area contributed by atoms with Gasteiger partial charge in [-0.25, -0.2) is 0 Å². The summed E-state index contributed by atoms with van der Waals surface area (Å²) in [7, 11) is 0. The first kappa shape index (κ1) is 18.3. The predicted molar refractivity (Wildman–Crippen MR) is 91.5 cm³/mol. The van der Waals surface area contributed by atoms with Crippen molar-refractivity contribution in [3.8, 4) is 0 Å². The zero-order valence-corrected chi connectivity index (χ0v) is 13.3. The van der Waals surface area contributed by atoms with E-state index in [-0.39, 0.29) is 10.8 Å². The number of hydrogen-bond acceptors (Lipinski definition) is 4. The van der Waals surface area contributed by atoms with Gasteiger partial charge in [-0.3, -0.25) is 15.5 Å². The quantitative estimate of drug-likeness (QED) is 0.370. The predicted octanol–water partition coefficient (Wildman–Crippen LogP) is 3.93. The number of thiocarbonyl (C=S) groups is 1. The van der Waals surface area contributed by atoms with E-state index in [2.05, 4.69) is 15.8 Å². The Morgan fingerprint density at radius 2 is 1.72 bits per heavy atom. The van der Waals surface area contributed by atoms with Gasteiger partial charge < -0.3 is 5.32 Å². The number of hydrazone groups is 1. The number of rotatable bonds is 4. The van der Waals surface area contributed by atoms with E-state index in [1.807, 2.05) is 0 Å². The summed E-state index contributed by atoms with van der Waals surface area (Å²) in [5.41, 5.74) is 2.68. The first-order chi connectivity index (χ1) is 11.8. The van der Waals surface area contributed by atoms with Crippen molar-refractivity contribution >= 4 is 34.9 Å². The minimum Gasteiger partial charge on any atom is -0.331 e. The molecule has 0 aliphatic carbocycles. The highest BCUT2D eigenvalue weighted by Gasteiger charge is 2.29. The molecular weight excluding hydrogens is 357 g/mol. The fourth-order valence-corrected chi connectivity index (χ4v) is 1.92. The zero-order chi connectivity index (χ0) is 18.4. The van der Waals surface area contributed by atoms with Crippen molar-refractivity contribution in [2.24, 2.45) is 5.10 Å². The van der Waals surface area contributed by atoms with Crippen LogP contribution in [0.4, 0.5) is 24.5 Å². The lowest BCUT2D eigenvalue weighted by Gasteiger charge is -2.09. The number of non-ortho nitro benzene ring substituents is 1. The van der Waals surface area contributed by atoms with Gasteiger partial charge in [0.05, 0.1) is 16.7 Å². The van der Waals surface area contributed by atoms with Crippen molar-refractivity contribution in [1.29, 1.82) is 0 Å². The first-order valence-corrected chi connectivity index (χ1v) is 7.18. The van der Waals surface area contributed by atoms with Crippen molar-refractivity contribution in [2.45, 2.75) is 6.18 Å². The zero-order valence-electron chi connectivity index (χ0n) is 12.4. The molecule has 0 spiro atoms. The van der Waals surface area contributed by atoms with Gasteiger partial charge in [0.15, 0.2) is 5.11 Å². The molecule has 0 bridgehead atoms. The Morgan fingerprint density at radius 3 is 2.24 bits per heavy atom. The van der Waals surface area contributed by atoms with Crippen LogP contribution in [-0.4, -0.2) is 16.3 Å². The molecule has 0 saturated heterocycles. The summed E-state index contributed by atoms with van der Waals surface area (Å²) in [5, 5.41) is 17.1. The van der Waals surface area contributed by atoms with Crippen LogP contribution in [0, 0.1) is 10.1 Å². The number of halogens is 3. The maximum Gasteiger partial charge on any atom is 0.416 e. The molecule has 2 rings (SSSR count). The number of anilines is 1. The van der Waals surface area contributed by atoms with E-state index in [0.29, 0.717) is 11.3 Å². The molecular formula is C15H11F3N4O2S. The number of hydrogen-bond donors (Lipinski definition) is 2. The van der Waals surface area contributed by atoms with Crippen LogP contribution >= 0.6 is 12.2 Å². The highest BCUT2D eigenvalue weighted by Crippen LogP contribution is 2.29. The van der Waals surface area contributed by atoms with Gasteiger partial charge in [0.25, 0.3) is 5.69 Å². The van der Waals surface area contributed by atoms with Crippen LogP contribution < -0.4 is 10.7 Å². The fraction of sp³-hybridized carbons (Fsp3) is 0.0667. The molecule has 0 radical (unpaired) electrons. The van der Waals surface area contributed by atoms with Crippen LogP contribution in [0.15, 0.2) is 53.6 Å². The summed E-state index contributed by atoms with van der Waals surface area (Å²) < 4.78 is 37.4. The van der Waals surface area contributed by atoms with Gasteiger partial charge in [-0.05, 0) is 54.2 Å². The lowest BCUT2D eigenvalue weighted by Crippen LogP contribution is -2.23. The van der Waals surface area contributed by atoms with Crippen molar-refractivity contribution in [3.63, 3.8) is 0 Å². The Bertz CT molecular complexity index is 790. The van der Waals surface area contributed by atoms with Crippen molar-refractivity contribution < 1.29 is 18.1 Å². The minimum absolute atomic E-state index is 0.0374. The van der Waals surface area contributed by atoms with Crippen LogP contribution in [0.3, 0.4) is 0 Å². The molecule has 0 heterocycles. The van der Waals surface area contributed by atoms with E-state index >= 15 is 0 Å². The second-order valence-corrected chi connectivity index (χ2v) is 5.16. The molecule has 0 unspecified atom stereocenters. The Kier molecular flexibility index (Phi) is 5.65. The van der Waals surface area contributed by atoms with Gasteiger partial charge in [-0.15, -0.1) is 0 Å². The average Bonchev–Trinajstić information content (AvgIpc) is 2.55. The van der Waals surface area contributed by atoms with Crippen LogP contribution in [0.1, 0.15) is 11.1 Å². The van der Waals surface area contributed by atoms with Gasteiger partial charge in [-0.1, -0.05) is 0 Å². The Morgan fingerprint density at radius 1 is 1.12 bits per heavy atom. The van der Waals surface area contributed by atoms with Crippen molar-refractivity contribution in [3.05, 3.63) is 69.8 Å². The minimum atomic E-state index is -4.40. The molecule has 0 aliphatic heterocycles. The van der Waals surface area contributed by atoms with Gasteiger partial charge >= 0.3 is 6.18 Å². The smallest absolute Gasteiger partial charge is 0.331 e. The molecule has 2 N–H and O–H groups in total. The molecule has 6 nitrogen and oxygen atoms in total. The Hall–Kier alpha value is -3.01. The highest BCUT2D eigenvalue weighted by molar-refractivity contribution is 7.80. The van der Waals surface area contributed by atoms with E-state index in [0.717, 1.165) is 12.1 Å². The lowest BCUT2D eigenvalue weighted by molar-refractivity contribution is -0.384. The SMILES string of the molecule is O=[N+]([O-])c1ccc(/C=N/NC(=S)Nc2ccc(C(F)(F)F)cc2)cc1. The van der Waals surface area contributed by atoms with E-state index in [9.17, 15) is 23.3 Å². The van der Waals surface area contributed by atoms with Gasteiger partial charge in [0.1, 0.15) is 0 Å². The van der Waals surface area contributed by atoms with E-state index in [4.69, 9.17) is 12.2 Å². The number of nitro benzene ring substituents is 1.